The van der Waals surface area contributed by atoms with Crippen molar-refractivity contribution in [3.05, 3.63) is 35.4 Å². The summed E-state index contributed by atoms with van der Waals surface area (Å²) in [5.74, 6) is 1.07. The molecule has 0 aliphatic rings. The Morgan fingerprint density at radius 3 is 2.62 bits per heavy atom. The molecule has 4 nitrogen and oxygen atoms in total. The van der Waals surface area contributed by atoms with Crippen LogP contribution >= 0.6 is 0 Å². The Hall–Kier alpha value is -1.76. The van der Waals surface area contributed by atoms with Gasteiger partial charge in [0.2, 0.25) is 0 Å². The Kier molecular flexibility index (Phi) is 8.60. The highest BCUT2D eigenvalue weighted by Crippen LogP contribution is 2.29. The molecule has 0 heterocycles. The van der Waals surface area contributed by atoms with E-state index in [1.165, 1.54) is 6.07 Å². The summed E-state index contributed by atoms with van der Waals surface area (Å²) in [5, 5.41) is 6.11. The predicted molar refractivity (Wildman–Crippen MR) is 89.9 cm³/mol. The fraction of sp³-hybridized carbons (Fsp3) is 0.588. The molecular weight excluding hydrogens is 319 g/mol. The van der Waals surface area contributed by atoms with Crippen molar-refractivity contribution in [3.63, 3.8) is 0 Å². The van der Waals surface area contributed by atoms with Crippen LogP contribution in [-0.2, 0) is 17.5 Å². The Morgan fingerprint density at radius 2 is 2.00 bits per heavy atom. The summed E-state index contributed by atoms with van der Waals surface area (Å²) < 4.78 is 43.5. The van der Waals surface area contributed by atoms with Gasteiger partial charge in [0, 0.05) is 33.4 Å². The molecule has 2 N–H and O–H groups in total. The summed E-state index contributed by atoms with van der Waals surface area (Å²) in [6.07, 6.45) is -3.50. The van der Waals surface area contributed by atoms with Crippen LogP contribution in [0.25, 0.3) is 0 Å². The molecule has 0 saturated heterocycles. The third kappa shape index (κ3) is 8.19. The van der Waals surface area contributed by atoms with Gasteiger partial charge in [-0.05, 0) is 30.0 Å². The maximum absolute atomic E-state index is 12.7. The van der Waals surface area contributed by atoms with Crippen LogP contribution in [0.5, 0.6) is 0 Å². The lowest BCUT2D eigenvalue weighted by molar-refractivity contribution is -0.137. The lowest BCUT2D eigenvalue weighted by Crippen LogP contribution is -2.37. The first kappa shape index (κ1) is 20.3. The van der Waals surface area contributed by atoms with Crippen LogP contribution < -0.4 is 10.6 Å². The molecule has 0 aromatic heterocycles. The highest BCUT2D eigenvalue weighted by atomic mass is 19.4. The summed E-state index contributed by atoms with van der Waals surface area (Å²) in [7, 11) is 1.62. The van der Waals surface area contributed by atoms with E-state index in [0.29, 0.717) is 30.6 Å². The molecular formula is C17H26F3N3O. The van der Waals surface area contributed by atoms with Gasteiger partial charge in [-0.1, -0.05) is 26.0 Å². The number of guanidine groups is 1. The quantitative estimate of drug-likeness (QED) is 0.431. The van der Waals surface area contributed by atoms with Crippen LogP contribution in [0.1, 0.15) is 31.4 Å². The summed E-state index contributed by atoms with van der Waals surface area (Å²) in [4.78, 5) is 4.05. The summed E-state index contributed by atoms with van der Waals surface area (Å²) in [6, 6.07) is 5.26. The number of hydrogen-bond acceptors (Lipinski definition) is 2. The van der Waals surface area contributed by atoms with Crippen molar-refractivity contribution < 1.29 is 17.9 Å². The second-order valence-corrected chi connectivity index (χ2v) is 5.87. The lowest BCUT2D eigenvalue weighted by atomic mass is 10.1. The second kappa shape index (κ2) is 10.2. The topological polar surface area (TPSA) is 45.7 Å². The van der Waals surface area contributed by atoms with Crippen molar-refractivity contribution >= 4 is 5.96 Å². The van der Waals surface area contributed by atoms with Gasteiger partial charge in [0.1, 0.15) is 0 Å². The van der Waals surface area contributed by atoms with Crippen LogP contribution in [0, 0.1) is 5.92 Å². The van der Waals surface area contributed by atoms with Gasteiger partial charge in [-0.2, -0.15) is 13.2 Å². The van der Waals surface area contributed by atoms with Gasteiger partial charge in [0.15, 0.2) is 5.96 Å². The molecule has 24 heavy (non-hydrogen) atoms. The third-order valence-electron chi connectivity index (χ3n) is 3.15. The van der Waals surface area contributed by atoms with Crippen LogP contribution in [0.2, 0.25) is 0 Å². The number of hydrogen-bond donors (Lipinski definition) is 2. The number of rotatable bonds is 8. The number of halogens is 3. The molecule has 136 valence electrons. The van der Waals surface area contributed by atoms with Gasteiger partial charge in [-0.3, -0.25) is 4.99 Å². The fourth-order valence-corrected chi connectivity index (χ4v) is 1.96. The van der Waals surface area contributed by atoms with Crippen LogP contribution in [0.3, 0.4) is 0 Å². The Morgan fingerprint density at radius 1 is 1.25 bits per heavy atom. The maximum atomic E-state index is 12.7. The van der Waals surface area contributed by atoms with E-state index >= 15 is 0 Å². The van der Waals surface area contributed by atoms with Gasteiger partial charge in [0.05, 0.1) is 5.56 Å². The molecule has 1 aromatic carbocycles. The monoisotopic (exact) mass is 345 g/mol. The van der Waals surface area contributed by atoms with Crippen molar-refractivity contribution in [3.8, 4) is 0 Å². The molecule has 0 fully saturated rings. The van der Waals surface area contributed by atoms with Crippen molar-refractivity contribution in [2.75, 3.05) is 26.8 Å². The van der Waals surface area contributed by atoms with E-state index in [-0.39, 0.29) is 6.54 Å². The molecule has 1 aromatic rings. The number of nitrogens with zero attached hydrogens (tertiary/aromatic N) is 1. The highest BCUT2D eigenvalue weighted by molar-refractivity contribution is 5.79. The Bertz CT molecular complexity index is 516. The van der Waals surface area contributed by atoms with E-state index in [4.69, 9.17) is 4.74 Å². The van der Waals surface area contributed by atoms with E-state index in [0.717, 1.165) is 25.2 Å². The standard InChI is InChI=1S/C17H26F3N3O/c1-13(2)12-24-9-5-8-22-16(21-3)23-11-14-6-4-7-15(10-14)17(18,19)20/h4,6-7,10,13H,5,8-9,11-12H2,1-3H3,(H2,21,22,23). The number of nitrogens with one attached hydrogen (secondary N) is 2. The molecule has 7 heteroatoms. The molecule has 1 rings (SSSR count). The number of ether oxygens (including phenoxy) is 1. The van der Waals surface area contributed by atoms with Crippen molar-refractivity contribution in [1.29, 1.82) is 0 Å². The van der Waals surface area contributed by atoms with E-state index < -0.39 is 11.7 Å². The zero-order valence-electron chi connectivity index (χ0n) is 14.4. The minimum atomic E-state index is -4.33. The average Bonchev–Trinajstić information content (AvgIpc) is 2.52. The van der Waals surface area contributed by atoms with E-state index in [9.17, 15) is 13.2 Å². The zero-order valence-corrected chi connectivity index (χ0v) is 14.4. The number of alkyl halides is 3. The van der Waals surface area contributed by atoms with Gasteiger partial charge >= 0.3 is 6.18 Å². The summed E-state index contributed by atoms with van der Waals surface area (Å²) in [6.45, 7) is 6.54. The van der Waals surface area contributed by atoms with Gasteiger partial charge in [0.25, 0.3) is 0 Å². The number of aliphatic imine (C=N–C) groups is 1. The Labute approximate surface area is 141 Å². The molecule has 0 bridgehead atoms. The summed E-state index contributed by atoms with van der Waals surface area (Å²) in [5.41, 5.74) is -0.0971. The minimum absolute atomic E-state index is 0.271. The van der Waals surface area contributed by atoms with Crippen LogP contribution in [0.4, 0.5) is 13.2 Å². The zero-order chi connectivity index (χ0) is 18.0. The fourth-order valence-electron chi connectivity index (χ4n) is 1.96. The van der Waals surface area contributed by atoms with Crippen LogP contribution in [-0.4, -0.2) is 32.8 Å². The molecule has 0 atom stereocenters. The minimum Gasteiger partial charge on any atom is -0.381 e. The van der Waals surface area contributed by atoms with Crippen molar-refractivity contribution in [2.45, 2.75) is 33.0 Å². The average molecular weight is 345 g/mol. The normalized spacial score (nSPS) is 12.5. The molecule has 0 aliphatic carbocycles. The van der Waals surface area contributed by atoms with E-state index in [1.54, 1.807) is 13.1 Å². The first-order chi connectivity index (χ1) is 11.3. The highest BCUT2D eigenvalue weighted by Gasteiger charge is 2.30. The SMILES string of the molecule is CN=C(NCCCOCC(C)C)NCc1cccc(C(F)(F)F)c1. The van der Waals surface area contributed by atoms with Gasteiger partial charge in [-0.15, -0.1) is 0 Å². The van der Waals surface area contributed by atoms with Crippen molar-refractivity contribution in [1.82, 2.24) is 10.6 Å². The summed E-state index contributed by atoms with van der Waals surface area (Å²) >= 11 is 0. The van der Waals surface area contributed by atoms with E-state index in [1.807, 2.05) is 0 Å². The molecule has 0 saturated carbocycles. The maximum Gasteiger partial charge on any atom is 0.416 e. The van der Waals surface area contributed by atoms with Crippen molar-refractivity contribution in [2.24, 2.45) is 10.9 Å². The van der Waals surface area contributed by atoms with E-state index in [2.05, 4.69) is 29.5 Å². The van der Waals surface area contributed by atoms with Gasteiger partial charge in [-0.25, -0.2) is 0 Å². The molecule has 0 aliphatic heterocycles. The largest absolute Gasteiger partial charge is 0.416 e. The van der Waals surface area contributed by atoms with Crippen LogP contribution in [0.15, 0.2) is 29.3 Å². The smallest absolute Gasteiger partial charge is 0.381 e. The molecule has 0 spiro atoms. The number of benzene rings is 1. The third-order valence-corrected chi connectivity index (χ3v) is 3.15. The molecule has 0 unspecified atom stereocenters. The molecule has 0 radical (unpaired) electrons. The predicted octanol–water partition coefficient (Wildman–Crippen LogP) is 3.43. The lowest BCUT2D eigenvalue weighted by Gasteiger charge is -2.13. The van der Waals surface area contributed by atoms with Gasteiger partial charge < -0.3 is 15.4 Å². The first-order valence-corrected chi connectivity index (χ1v) is 8.01. The Balaban J connectivity index is 2.34. The first-order valence-electron chi connectivity index (χ1n) is 8.01. The molecule has 0 amide bonds. The second-order valence-electron chi connectivity index (χ2n) is 5.87.